The van der Waals surface area contributed by atoms with Crippen LogP contribution in [0.1, 0.15) is 33.7 Å². The van der Waals surface area contributed by atoms with Crippen LogP contribution in [0.15, 0.2) is 42.5 Å². The first-order chi connectivity index (χ1) is 13.1. The molecule has 3 aromatic rings. The zero-order valence-electron chi connectivity index (χ0n) is 15.2. The monoisotopic (exact) mass is 367 g/mol. The van der Waals surface area contributed by atoms with Crippen LogP contribution in [-0.2, 0) is 13.0 Å². The Hall–Kier alpha value is -2.73. The van der Waals surface area contributed by atoms with Crippen LogP contribution in [-0.4, -0.2) is 38.4 Å². The van der Waals surface area contributed by atoms with E-state index in [1.807, 2.05) is 24.3 Å². The maximum atomic E-state index is 14.7. The molecule has 1 aromatic carbocycles. The minimum atomic E-state index is -0.587. The molecule has 1 atom stereocenters. The second kappa shape index (κ2) is 7.12. The van der Waals surface area contributed by atoms with Crippen molar-refractivity contribution in [3.05, 3.63) is 70.9 Å². The summed E-state index contributed by atoms with van der Waals surface area (Å²) in [5.74, 6) is -0.583. The minimum Gasteiger partial charge on any atom is -0.392 e. The SMILES string of the molecule is Cc1cccc2nc(C(=O)N3CC[C@H](Cc4ccc(CO)cc4)C3)c(F)n12. The Bertz CT molecular complexity index is 981. The summed E-state index contributed by atoms with van der Waals surface area (Å²) in [5, 5.41) is 9.13. The van der Waals surface area contributed by atoms with Crippen molar-refractivity contribution < 1.29 is 14.3 Å². The van der Waals surface area contributed by atoms with E-state index >= 15 is 0 Å². The molecule has 0 bridgehead atoms. The third kappa shape index (κ3) is 3.32. The summed E-state index contributed by atoms with van der Waals surface area (Å²) in [4.78, 5) is 18.7. The van der Waals surface area contributed by atoms with Gasteiger partial charge in [0.1, 0.15) is 5.65 Å². The molecule has 0 unspecified atom stereocenters. The lowest BCUT2D eigenvalue weighted by Crippen LogP contribution is -2.30. The summed E-state index contributed by atoms with van der Waals surface area (Å²) in [6.45, 7) is 3.05. The molecule has 1 aliphatic rings. The average molecular weight is 367 g/mol. The average Bonchev–Trinajstić information content (AvgIpc) is 3.27. The summed E-state index contributed by atoms with van der Waals surface area (Å²) in [6, 6.07) is 13.2. The van der Waals surface area contributed by atoms with Crippen LogP contribution in [0, 0.1) is 18.8 Å². The second-order valence-electron chi connectivity index (χ2n) is 7.20. The first-order valence-electron chi connectivity index (χ1n) is 9.18. The standard InChI is InChI=1S/C21H22FN3O2/c1-14-3-2-4-18-23-19(20(22)25(14)18)21(27)24-10-9-17(12-24)11-15-5-7-16(13-26)8-6-15/h2-8,17,26H,9-13H2,1H3/t17-/m1/s1. The molecule has 0 radical (unpaired) electrons. The lowest BCUT2D eigenvalue weighted by atomic mass is 9.98. The first kappa shape index (κ1) is 17.7. The van der Waals surface area contributed by atoms with Crippen molar-refractivity contribution >= 4 is 11.6 Å². The van der Waals surface area contributed by atoms with E-state index in [0.29, 0.717) is 30.3 Å². The molecular weight excluding hydrogens is 345 g/mol. The molecule has 1 aliphatic heterocycles. The summed E-state index contributed by atoms with van der Waals surface area (Å²) >= 11 is 0. The van der Waals surface area contributed by atoms with Crippen LogP contribution in [0.25, 0.3) is 5.65 Å². The Balaban J connectivity index is 1.47. The Kier molecular flexibility index (Phi) is 4.66. The summed E-state index contributed by atoms with van der Waals surface area (Å²) < 4.78 is 16.1. The van der Waals surface area contributed by atoms with E-state index in [1.54, 1.807) is 30.0 Å². The van der Waals surface area contributed by atoms with Crippen LogP contribution in [0.5, 0.6) is 0 Å². The van der Waals surface area contributed by atoms with E-state index in [2.05, 4.69) is 4.98 Å². The smallest absolute Gasteiger partial charge is 0.277 e. The summed E-state index contributed by atoms with van der Waals surface area (Å²) in [5.41, 5.74) is 3.13. The predicted molar refractivity (Wildman–Crippen MR) is 100.0 cm³/mol. The highest BCUT2D eigenvalue weighted by atomic mass is 19.1. The number of aryl methyl sites for hydroxylation is 1. The van der Waals surface area contributed by atoms with Gasteiger partial charge in [-0.25, -0.2) is 4.98 Å². The molecule has 1 amide bonds. The number of hydrogen-bond acceptors (Lipinski definition) is 3. The van der Waals surface area contributed by atoms with Gasteiger partial charge in [-0.1, -0.05) is 30.3 Å². The predicted octanol–water partition coefficient (Wildman–Crippen LogP) is 2.98. The van der Waals surface area contributed by atoms with Gasteiger partial charge in [0.15, 0.2) is 5.69 Å². The van der Waals surface area contributed by atoms with E-state index in [-0.39, 0.29) is 18.2 Å². The number of imidazole rings is 1. The minimum absolute atomic E-state index is 0.0377. The van der Waals surface area contributed by atoms with Crippen LogP contribution < -0.4 is 0 Å². The first-order valence-corrected chi connectivity index (χ1v) is 9.18. The van der Waals surface area contributed by atoms with E-state index in [4.69, 9.17) is 5.11 Å². The van der Waals surface area contributed by atoms with Gasteiger partial charge in [-0.2, -0.15) is 4.39 Å². The Morgan fingerprint density at radius 3 is 2.67 bits per heavy atom. The molecule has 1 fully saturated rings. The molecule has 1 N–H and O–H groups in total. The molecule has 6 heteroatoms. The fraction of sp³-hybridized carbons (Fsp3) is 0.333. The number of benzene rings is 1. The number of aromatic nitrogens is 2. The van der Waals surface area contributed by atoms with E-state index in [1.165, 1.54) is 9.96 Å². The highest BCUT2D eigenvalue weighted by Gasteiger charge is 2.31. The molecule has 27 heavy (non-hydrogen) atoms. The van der Waals surface area contributed by atoms with Gasteiger partial charge in [-0.3, -0.25) is 9.20 Å². The molecular formula is C21H22FN3O2. The highest BCUT2D eigenvalue weighted by molar-refractivity contribution is 5.93. The number of hydrogen-bond donors (Lipinski definition) is 1. The van der Waals surface area contributed by atoms with Crippen LogP contribution in [0.2, 0.25) is 0 Å². The molecule has 5 nitrogen and oxygen atoms in total. The number of nitrogens with zero attached hydrogens (tertiary/aromatic N) is 3. The third-order valence-corrected chi connectivity index (χ3v) is 5.29. The number of aliphatic hydroxyl groups excluding tert-OH is 1. The molecule has 1 saturated heterocycles. The zero-order chi connectivity index (χ0) is 19.0. The van der Waals surface area contributed by atoms with Crippen LogP contribution in [0.3, 0.4) is 0 Å². The zero-order valence-corrected chi connectivity index (χ0v) is 15.2. The largest absolute Gasteiger partial charge is 0.392 e. The number of aliphatic hydroxyl groups is 1. The van der Waals surface area contributed by atoms with Crippen LogP contribution >= 0.6 is 0 Å². The number of pyridine rings is 1. The molecule has 2 aromatic heterocycles. The Labute approximate surface area is 157 Å². The topological polar surface area (TPSA) is 57.8 Å². The van der Waals surface area contributed by atoms with Crippen molar-refractivity contribution in [3.8, 4) is 0 Å². The maximum absolute atomic E-state index is 14.7. The number of amides is 1. The van der Waals surface area contributed by atoms with Crippen molar-refractivity contribution in [3.63, 3.8) is 0 Å². The number of carbonyl (C=O) groups is 1. The second-order valence-corrected chi connectivity index (χ2v) is 7.20. The van der Waals surface area contributed by atoms with Gasteiger partial charge in [-0.05, 0) is 48.9 Å². The van der Waals surface area contributed by atoms with Crippen molar-refractivity contribution in [1.29, 1.82) is 0 Å². The number of halogens is 1. The number of carbonyl (C=O) groups excluding carboxylic acids is 1. The quantitative estimate of drug-likeness (QED) is 0.771. The highest BCUT2D eigenvalue weighted by Crippen LogP contribution is 2.24. The number of rotatable bonds is 4. The van der Waals surface area contributed by atoms with E-state index < -0.39 is 5.95 Å². The summed E-state index contributed by atoms with van der Waals surface area (Å²) in [6.07, 6.45) is 1.75. The maximum Gasteiger partial charge on any atom is 0.277 e. The Morgan fingerprint density at radius 1 is 1.22 bits per heavy atom. The normalized spacial score (nSPS) is 17.0. The molecule has 0 spiro atoms. The van der Waals surface area contributed by atoms with Crippen molar-refractivity contribution in [2.75, 3.05) is 13.1 Å². The number of likely N-dealkylation sites (tertiary alicyclic amines) is 1. The van der Waals surface area contributed by atoms with E-state index in [0.717, 1.165) is 18.4 Å². The van der Waals surface area contributed by atoms with Crippen LogP contribution in [0.4, 0.5) is 4.39 Å². The van der Waals surface area contributed by atoms with Crippen molar-refractivity contribution in [2.24, 2.45) is 5.92 Å². The van der Waals surface area contributed by atoms with E-state index in [9.17, 15) is 9.18 Å². The molecule has 140 valence electrons. The van der Waals surface area contributed by atoms with Gasteiger partial charge in [0.25, 0.3) is 5.91 Å². The Morgan fingerprint density at radius 2 is 1.96 bits per heavy atom. The number of fused-ring (bicyclic) bond motifs is 1. The third-order valence-electron chi connectivity index (χ3n) is 5.29. The lowest BCUT2D eigenvalue weighted by molar-refractivity contribution is 0.0776. The van der Waals surface area contributed by atoms with Gasteiger partial charge in [0.2, 0.25) is 5.95 Å². The van der Waals surface area contributed by atoms with Crippen molar-refractivity contribution in [2.45, 2.75) is 26.4 Å². The van der Waals surface area contributed by atoms with Gasteiger partial charge in [0, 0.05) is 18.8 Å². The fourth-order valence-corrected chi connectivity index (χ4v) is 3.80. The molecule has 3 heterocycles. The van der Waals surface area contributed by atoms with Gasteiger partial charge in [-0.15, -0.1) is 0 Å². The van der Waals surface area contributed by atoms with Crippen molar-refractivity contribution in [1.82, 2.24) is 14.3 Å². The lowest BCUT2D eigenvalue weighted by Gasteiger charge is -2.15. The molecule has 0 saturated carbocycles. The van der Waals surface area contributed by atoms with Gasteiger partial charge >= 0.3 is 0 Å². The fourth-order valence-electron chi connectivity index (χ4n) is 3.80. The van der Waals surface area contributed by atoms with Gasteiger partial charge < -0.3 is 10.0 Å². The molecule has 4 rings (SSSR count). The van der Waals surface area contributed by atoms with Gasteiger partial charge in [0.05, 0.1) is 6.61 Å². The summed E-state index contributed by atoms with van der Waals surface area (Å²) in [7, 11) is 0. The molecule has 0 aliphatic carbocycles.